The molecule has 0 bridgehead atoms. The van der Waals surface area contributed by atoms with Gasteiger partial charge in [0, 0.05) is 32.4 Å². The van der Waals surface area contributed by atoms with E-state index in [2.05, 4.69) is 10.4 Å². The predicted molar refractivity (Wildman–Crippen MR) is 83.1 cm³/mol. The molecule has 0 aliphatic carbocycles. The summed E-state index contributed by atoms with van der Waals surface area (Å²) >= 11 is 0. The van der Waals surface area contributed by atoms with Crippen molar-refractivity contribution in [3.63, 3.8) is 0 Å². The minimum absolute atomic E-state index is 0.00465. The van der Waals surface area contributed by atoms with E-state index in [0.717, 1.165) is 12.8 Å². The Morgan fingerprint density at radius 1 is 1.36 bits per heavy atom. The lowest BCUT2D eigenvalue weighted by Crippen LogP contribution is -2.49. The summed E-state index contributed by atoms with van der Waals surface area (Å²) in [4.78, 5) is 25.9. The molecule has 7 nitrogen and oxygen atoms in total. The Morgan fingerprint density at radius 3 is 2.50 bits per heavy atom. The van der Waals surface area contributed by atoms with Crippen LogP contribution < -0.4 is 11.1 Å². The Kier molecular flexibility index (Phi) is 5.18. The highest BCUT2D eigenvalue weighted by Crippen LogP contribution is 2.21. The van der Waals surface area contributed by atoms with Crippen molar-refractivity contribution in [1.82, 2.24) is 20.0 Å². The van der Waals surface area contributed by atoms with Crippen LogP contribution in [0.3, 0.4) is 0 Å². The fraction of sp³-hybridized carbons (Fsp3) is 0.667. The molecule has 0 spiro atoms. The first-order valence-electron chi connectivity index (χ1n) is 7.73. The number of aryl methyl sites for hydroxylation is 1. The molecule has 2 heterocycles. The van der Waals surface area contributed by atoms with Crippen LogP contribution in [0.1, 0.15) is 37.2 Å². The topological polar surface area (TPSA) is 93.2 Å². The summed E-state index contributed by atoms with van der Waals surface area (Å²) < 4.78 is 1.56. The van der Waals surface area contributed by atoms with Crippen LogP contribution in [0.4, 0.5) is 0 Å². The van der Waals surface area contributed by atoms with E-state index < -0.39 is 6.04 Å². The highest BCUT2D eigenvalue weighted by Gasteiger charge is 2.28. The number of rotatable bonds is 4. The fourth-order valence-corrected chi connectivity index (χ4v) is 2.90. The average Bonchev–Trinajstić information content (AvgIpc) is 2.92. The van der Waals surface area contributed by atoms with Crippen molar-refractivity contribution in [1.29, 1.82) is 0 Å². The maximum Gasteiger partial charge on any atom is 0.269 e. The number of piperidine rings is 1. The first-order valence-corrected chi connectivity index (χ1v) is 7.73. The summed E-state index contributed by atoms with van der Waals surface area (Å²) in [6, 6.07) is 1.32. The zero-order valence-electron chi connectivity index (χ0n) is 13.5. The van der Waals surface area contributed by atoms with Gasteiger partial charge in [-0.1, -0.05) is 0 Å². The third-order valence-corrected chi connectivity index (χ3v) is 4.36. The van der Waals surface area contributed by atoms with Gasteiger partial charge in [-0.05, 0) is 38.7 Å². The Labute approximate surface area is 130 Å². The van der Waals surface area contributed by atoms with Gasteiger partial charge in [0.25, 0.3) is 5.91 Å². The Balaban J connectivity index is 1.85. The molecule has 2 amide bonds. The van der Waals surface area contributed by atoms with Crippen LogP contribution >= 0.6 is 0 Å². The standard InChI is InChI=1S/C15H25N5O2/c1-10(16)15(22)20-8-5-12(6-9-20)11(2)18-14(21)13-4-7-17-19(13)3/h4,7,10-12H,5-6,8-9,16H2,1-3H3,(H,18,21)/t10-,11?/m0/s1. The Morgan fingerprint density at radius 2 is 2.00 bits per heavy atom. The van der Waals surface area contributed by atoms with Gasteiger partial charge in [0.05, 0.1) is 6.04 Å². The van der Waals surface area contributed by atoms with Crippen molar-refractivity contribution in [2.24, 2.45) is 18.7 Å². The molecule has 122 valence electrons. The fourth-order valence-electron chi connectivity index (χ4n) is 2.90. The quantitative estimate of drug-likeness (QED) is 0.826. The second kappa shape index (κ2) is 6.91. The number of likely N-dealkylation sites (tertiary alicyclic amines) is 1. The number of nitrogens with zero attached hydrogens (tertiary/aromatic N) is 3. The summed E-state index contributed by atoms with van der Waals surface area (Å²) in [7, 11) is 1.75. The van der Waals surface area contributed by atoms with Crippen LogP contribution in [0, 0.1) is 5.92 Å². The summed E-state index contributed by atoms with van der Waals surface area (Å²) in [5, 5.41) is 7.03. The molecule has 1 aromatic heterocycles. The molecule has 0 aromatic carbocycles. The van der Waals surface area contributed by atoms with E-state index in [1.807, 2.05) is 11.8 Å². The first kappa shape index (κ1) is 16.5. The molecule has 0 radical (unpaired) electrons. The Hall–Kier alpha value is -1.89. The van der Waals surface area contributed by atoms with Gasteiger partial charge in [0.2, 0.25) is 5.91 Å². The summed E-state index contributed by atoms with van der Waals surface area (Å²) in [6.45, 7) is 5.14. The minimum Gasteiger partial charge on any atom is -0.348 e. The number of hydrogen-bond acceptors (Lipinski definition) is 4. The smallest absolute Gasteiger partial charge is 0.269 e. The second-order valence-electron chi connectivity index (χ2n) is 6.05. The molecular weight excluding hydrogens is 282 g/mol. The molecule has 1 unspecified atom stereocenters. The van der Waals surface area contributed by atoms with Crippen molar-refractivity contribution in [3.05, 3.63) is 18.0 Å². The number of aromatic nitrogens is 2. The maximum absolute atomic E-state index is 12.2. The number of nitrogens with one attached hydrogen (secondary N) is 1. The normalized spacial score (nSPS) is 18.8. The number of amides is 2. The summed E-state index contributed by atoms with van der Waals surface area (Å²) in [5.74, 6) is 0.265. The summed E-state index contributed by atoms with van der Waals surface area (Å²) in [5.41, 5.74) is 6.19. The van der Waals surface area contributed by atoms with Crippen molar-refractivity contribution < 1.29 is 9.59 Å². The lowest BCUT2D eigenvalue weighted by Gasteiger charge is -2.35. The lowest BCUT2D eigenvalue weighted by molar-refractivity contribution is -0.133. The van der Waals surface area contributed by atoms with E-state index in [1.165, 1.54) is 0 Å². The third-order valence-electron chi connectivity index (χ3n) is 4.36. The van der Waals surface area contributed by atoms with Crippen LogP contribution in [0.15, 0.2) is 12.3 Å². The van der Waals surface area contributed by atoms with Crippen molar-refractivity contribution in [3.8, 4) is 0 Å². The van der Waals surface area contributed by atoms with E-state index in [1.54, 1.807) is 30.9 Å². The average molecular weight is 307 g/mol. The number of hydrogen-bond donors (Lipinski definition) is 2. The van der Waals surface area contributed by atoms with Gasteiger partial charge in [0.15, 0.2) is 0 Å². The molecular formula is C15H25N5O2. The van der Waals surface area contributed by atoms with E-state index in [0.29, 0.717) is 24.7 Å². The molecule has 1 saturated heterocycles. The molecule has 3 N–H and O–H groups in total. The first-order chi connectivity index (χ1) is 10.4. The third kappa shape index (κ3) is 3.65. The van der Waals surface area contributed by atoms with E-state index in [4.69, 9.17) is 5.73 Å². The highest BCUT2D eigenvalue weighted by atomic mass is 16.2. The van der Waals surface area contributed by atoms with Gasteiger partial charge in [0.1, 0.15) is 5.69 Å². The van der Waals surface area contributed by atoms with Gasteiger partial charge in [-0.2, -0.15) is 5.10 Å². The zero-order chi connectivity index (χ0) is 16.3. The number of carbonyl (C=O) groups is 2. The SMILES string of the molecule is CC(NC(=O)c1ccnn1C)C1CCN(C(=O)[C@H](C)N)CC1. The Bertz CT molecular complexity index is 532. The van der Waals surface area contributed by atoms with Gasteiger partial charge in [-0.25, -0.2) is 0 Å². The van der Waals surface area contributed by atoms with Crippen molar-refractivity contribution in [2.45, 2.75) is 38.8 Å². The van der Waals surface area contributed by atoms with Crippen LogP contribution in [-0.4, -0.2) is 51.7 Å². The lowest BCUT2D eigenvalue weighted by atomic mass is 9.90. The van der Waals surface area contributed by atoms with Gasteiger partial charge in [-0.15, -0.1) is 0 Å². The molecule has 1 fully saturated rings. The molecule has 1 aliphatic heterocycles. The molecule has 22 heavy (non-hydrogen) atoms. The highest BCUT2D eigenvalue weighted by molar-refractivity contribution is 5.92. The van der Waals surface area contributed by atoms with E-state index in [-0.39, 0.29) is 17.9 Å². The molecule has 1 aromatic rings. The minimum atomic E-state index is -0.446. The predicted octanol–water partition coefficient (Wildman–Crippen LogP) is 0.124. The van der Waals surface area contributed by atoms with E-state index in [9.17, 15) is 9.59 Å². The van der Waals surface area contributed by atoms with Gasteiger partial charge < -0.3 is 16.0 Å². The van der Waals surface area contributed by atoms with E-state index >= 15 is 0 Å². The van der Waals surface area contributed by atoms with Gasteiger partial charge >= 0.3 is 0 Å². The number of nitrogens with two attached hydrogens (primary N) is 1. The van der Waals surface area contributed by atoms with Gasteiger partial charge in [-0.3, -0.25) is 14.3 Å². The number of carbonyl (C=O) groups excluding carboxylic acids is 2. The summed E-state index contributed by atoms with van der Waals surface area (Å²) in [6.07, 6.45) is 3.37. The van der Waals surface area contributed by atoms with Crippen molar-refractivity contribution >= 4 is 11.8 Å². The van der Waals surface area contributed by atoms with Crippen LogP contribution in [0.25, 0.3) is 0 Å². The monoisotopic (exact) mass is 307 g/mol. The molecule has 1 aliphatic rings. The molecule has 7 heteroatoms. The molecule has 2 atom stereocenters. The van der Waals surface area contributed by atoms with Crippen LogP contribution in [0.5, 0.6) is 0 Å². The van der Waals surface area contributed by atoms with Crippen molar-refractivity contribution in [2.75, 3.05) is 13.1 Å². The zero-order valence-corrected chi connectivity index (χ0v) is 13.5. The van der Waals surface area contributed by atoms with Crippen LogP contribution in [0.2, 0.25) is 0 Å². The molecule has 2 rings (SSSR count). The molecule has 0 saturated carbocycles. The maximum atomic E-state index is 12.2. The second-order valence-corrected chi connectivity index (χ2v) is 6.05. The van der Waals surface area contributed by atoms with Crippen LogP contribution in [-0.2, 0) is 11.8 Å². The largest absolute Gasteiger partial charge is 0.348 e.